The van der Waals surface area contributed by atoms with E-state index < -0.39 is 17.2 Å². The second kappa shape index (κ2) is 6.83. The summed E-state index contributed by atoms with van der Waals surface area (Å²) in [7, 11) is 0. The summed E-state index contributed by atoms with van der Waals surface area (Å²) in [4.78, 5) is 0. The molecule has 0 saturated carbocycles. The van der Waals surface area contributed by atoms with Crippen LogP contribution in [0.15, 0.2) is 72.8 Å². The third kappa shape index (κ3) is 2.71. The van der Waals surface area contributed by atoms with Crippen molar-refractivity contribution in [2.24, 2.45) is 0 Å². The van der Waals surface area contributed by atoms with Gasteiger partial charge in [-0.1, -0.05) is 81.8 Å². The van der Waals surface area contributed by atoms with Crippen LogP contribution in [0.25, 0.3) is 54.6 Å². The topological polar surface area (TPSA) is 0 Å². The lowest BCUT2D eigenvalue weighted by atomic mass is 9.64. The molecule has 0 bridgehead atoms. The van der Waals surface area contributed by atoms with Crippen molar-refractivity contribution in [1.82, 2.24) is 0 Å². The first-order valence-corrected chi connectivity index (χ1v) is 13.5. The molecule has 0 fully saturated rings. The predicted molar refractivity (Wildman–Crippen MR) is 155 cm³/mol. The second-order valence-corrected chi connectivity index (χ2v) is 12.6. The Bertz CT molecular complexity index is 2050. The van der Waals surface area contributed by atoms with Crippen LogP contribution in [0.2, 0.25) is 0 Å². The highest BCUT2D eigenvalue weighted by atomic mass is 19.4. The van der Waals surface area contributed by atoms with Gasteiger partial charge in [0.15, 0.2) is 0 Å². The van der Waals surface area contributed by atoms with Crippen LogP contribution in [0.4, 0.5) is 13.2 Å². The maximum Gasteiger partial charge on any atom is 0.416 e. The largest absolute Gasteiger partial charge is 0.416 e. The minimum atomic E-state index is -4.38. The SMILES string of the molecule is Cc1ccc2c(c1)C(C)(C)c1ccc3cc4c5c(ccc6cc-2c1c3c65)C(C)(C)c1cc(C(F)(F)F)ccc1-4. The van der Waals surface area contributed by atoms with Crippen molar-refractivity contribution in [2.75, 3.05) is 0 Å². The highest BCUT2D eigenvalue weighted by Crippen LogP contribution is 2.57. The molecule has 0 radical (unpaired) electrons. The fourth-order valence-corrected chi connectivity index (χ4v) is 7.67. The van der Waals surface area contributed by atoms with Gasteiger partial charge in [0.05, 0.1) is 5.56 Å². The smallest absolute Gasteiger partial charge is 0.166 e. The number of halogens is 3. The quantitative estimate of drug-likeness (QED) is 0.176. The number of alkyl halides is 3. The van der Waals surface area contributed by atoms with Gasteiger partial charge < -0.3 is 0 Å². The van der Waals surface area contributed by atoms with Gasteiger partial charge in [0.2, 0.25) is 0 Å². The fraction of sp³-hybridized carbons (Fsp3) is 0.222. The van der Waals surface area contributed by atoms with Crippen molar-refractivity contribution in [1.29, 1.82) is 0 Å². The van der Waals surface area contributed by atoms with E-state index in [1.54, 1.807) is 6.07 Å². The molecule has 0 aliphatic heterocycles. The van der Waals surface area contributed by atoms with Crippen LogP contribution in [0.3, 0.4) is 0 Å². The van der Waals surface area contributed by atoms with Crippen molar-refractivity contribution >= 4 is 32.3 Å². The van der Waals surface area contributed by atoms with Crippen molar-refractivity contribution in [3.05, 3.63) is 106 Å². The molecule has 2 aliphatic carbocycles. The minimum Gasteiger partial charge on any atom is -0.166 e. The van der Waals surface area contributed by atoms with E-state index >= 15 is 0 Å². The van der Waals surface area contributed by atoms with Crippen LogP contribution < -0.4 is 0 Å². The van der Waals surface area contributed by atoms with E-state index in [1.807, 2.05) is 0 Å². The summed E-state index contributed by atoms with van der Waals surface area (Å²) >= 11 is 0. The Morgan fingerprint density at radius 2 is 0.974 bits per heavy atom. The highest BCUT2D eigenvalue weighted by molar-refractivity contribution is 6.31. The number of hydrogen-bond donors (Lipinski definition) is 0. The molecule has 0 nitrogen and oxygen atoms in total. The van der Waals surface area contributed by atoms with Gasteiger partial charge in [-0.05, 0) is 108 Å². The Kier molecular flexibility index (Phi) is 4.04. The summed E-state index contributed by atoms with van der Waals surface area (Å²) in [6.45, 7) is 10.9. The van der Waals surface area contributed by atoms with Crippen LogP contribution in [0.1, 0.15) is 61.1 Å². The van der Waals surface area contributed by atoms with Gasteiger partial charge in [0.25, 0.3) is 0 Å². The molecule has 6 aromatic carbocycles. The molecule has 6 aromatic rings. The van der Waals surface area contributed by atoms with E-state index in [1.165, 1.54) is 66.9 Å². The first-order chi connectivity index (χ1) is 18.4. The van der Waals surface area contributed by atoms with E-state index in [0.29, 0.717) is 0 Å². The van der Waals surface area contributed by atoms with Gasteiger partial charge in [-0.2, -0.15) is 13.2 Å². The summed E-state index contributed by atoms with van der Waals surface area (Å²) in [5.41, 5.74) is 8.93. The minimum absolute atomic E-state index is 0.154. The van der Waals surface area contributed by atoms with Crippen molar-refractivity contribution in [3.8, 4) is 22.3 Å². The summed E-state index contributed by atoms with van der Waals surface area (Å²) in [5.74, 6) is 0. The number of aryl methyl sites for hydroxylation is 1. The molecule has 192 valence electrons. The Hall–Kier alpha value is -3.85. The molecule has 0 N–H and O–H groups in total. The van der Waals surface area contributed by atoms with Crippen LogP contribution in [-0.4, -0.2) is 0 Å². The van der Waals surface area contributed by atoms with E-state index in [2.05, 4.69) is 89.2 Å². The molecule has 3 heteroatoms. The molecule has 8 rings (SSSR count). The Morgan fingerprint density at radius 1 is 0.487 bits per heavy atom. The van der Waals surface area contributed by atoms with Crippen LogP contribution >= 0.6 is 0 Å². The molecule has 0 heterocycles. The summed E-state index contributed by atoms with van der Waals surface area (Å²) in [5, 5.41) is 7.29. The summed E-state index contributed by atoms with van der Waals surface area (Å²) in [6.07, 6.45) is -4.38. The zero-order valence-corrected chi connectivity index (χ0v) is 22.6. The summed E-state index contributed by atoms with van der Waals surface area (Å²) in [6, 6.07) is 24.4. The third-order valence-electron chi connectivity index (χ3n) is 9.66. The van der Waals surface area contributed by atoms with Crippen LogP contribution in [0.5, 0.6) is 0 Å². The zero-order valence-electron chi connectivity index (χ0n) is 22.6. The van der Waals surface area contributed by atoms with Crippen molar-refractivity contribution in [2.45, 2.75) is 51.6 Å². The van der Waals surface area contributed by atoms with Gasteiger partial charge in [0.1, 0.15) is 0 Å². The molecular formula is C36H27F3. The first-order valence-electron chi connectivity index (χ1n) is 13.5. The number of hydrogen-bond acceptors (Lipinski definition) is 0. The average Bonchev–Trinajstić information content (AvgIpc) is 2.89. The predicted octanol–water partition coefficient (Wildman–Crippen LogP) is 10.5. The lowest BCUT2D eigenvalue weighted by Crippen LogP contribution is -2.25. The second-order valence-electron chi connectivity index (χ2n) is 12.6. The number of fused-ring (bicyclic) bond motifs is 4. The van der Waals surface area contributed by atoms with Crippen LogP contribution in [-0.2, 0) is 17.0 Å². The van der Waals surface area contributed by atoms with Gasteiger partial charge >= 0.3 is 6.18 Å². The van der Waals surface area contributed by atoms with Gasteiger partial charge in [-0.15, -0.1) is 0 Å². The number of benzene rings is 6. The molecule has 0 amide bonds. The molecule has 0 spiro atoms. The standard InChI is InChI=1S/C36H27F3/c1-18-6-10-22-24-15-19-8-13-27-33-25(23-11-9-21(36(37,38)39)17-29(23)35(27,4)5)16-20-7-12-26(32(24)30(20)31(19)33)34(2,3)28(22)14-18/h6-17H,1-5H3. The van der Waals surface area contributed by atoms with E-state index in [4.69, 9.17) is 0 Å². The summed E-state index contributed by atoms with van der Waals surface area (Å²) < 4.78 is 41.2. The maximum atomic E-state index is 13.7. The molecule has 0 aromatic heterocycles. The fourth-order valence-electron chi connectivity index (χ4n) is 7.67. The monoisotopic (exact) mass is 516 g/mol. The van der Waals surface area contributed by atoms with Gasteiger partial charge in [-0.3, -0.25) is 0 Å². The lowest BCUT2D eigenvalue weighted by molar-refractivity contribution is -0.137. The number of rotatable bonds is 0. The molecular weight excluding hydrogens is 489 g/mol. The Balaban J connectivity index is 1.57. The van der Waals surface area contributed by atoms with Crippen molar-refractivity contribution < 1.29 is 13.2 Å². The molecule has 39 heavy (non-hydrogen) atoms. The zero-order chi connectivity index (χ0) is 27.2. The van der Waals surface area contributed by atoms with Crippen LogP contribution in [0, 0.1) is 6.92 Å². The normalized spacial score (nSPS) is 16.6. The molecule has 0 unspecified atom stereocenters. The third-order valence-corrected chi connectivity index (χ3v) is 9.66. The Morgan fingerprint density at radius 3 is 1.49 bits per heavy atom. The molecule has 2 aliphatic rings. The molecule has 0 atom stereocenters. The Labute approximate surface area is 225 Å². The highest BCUT2D eigenvalue weighted by Gasteiger charge is 2.40. The maximum absolute atomic E-state index is 13.7. The van der Waals surface area contributed by atoms with E-state index in [9.17, 15) is 13.2 Å². The van der Waals surface area contributed by atoms with Crippen molar-refractivity contribution in [3.63, 3.8) is 0 Å². The lowest BCUT2D eigenvalue weighted by Gasteiger charge is -2.38. The van der Waals surface area contributed by atoms with E-state index in [-0.39, 0.29) is 5.41 Å². The first kappa shape index (κ1) is 23.1. The molecule has 0 saturated heterocycles. The van der Waals surface area contributed by atoms with Gasteiger partial charge in [0, 0.05) is 10.8 Å². The average molecular weight is 517 g/mol. The van der Waals surface area contributed by atoms with Gasteiger partial charge in [-0.25, -0.2) is 0 Å². The van der Waals surface area contributed by atoms with E-state index in [0.717, 1.165) is 27.6 Å².